The molecule has 3 rings (SSSR count). The number of para-hydroxylation sites is 2. The van der Waals surface area contributed by atoms with Gasteiger partial charge in [0.25, 0.3) is 0 Å². The molecule has 0 aromatic heterocycles. The zero-order chi connectivity index (χ0) is 16.4. The van der Waals surface area contributed by atoms with Crippen molar-refractivity contribution in [1.82, 2.24) is 0 Å². The quantitative estimate of drug-likeness (QED) is 0.800. The number of carbonyl (C=O) groups is 1. The van der Waals surface area contributed by atoms with Crippen LogP contribution < -0.4 is 10.1 Å². The van der Waals surface area contributed by atoms with Crippen molar-refractivity contribution in [2.24, 2.45) is 5.92 Å². The van der Waals surface area contributed by atoms with Gasteiger partial charge in [0.15, 0.2) is 0 Å². The molecule has 1 aliphatic carbocycles. The highest BCUT2D eigenvalue weighted by Crippen LogP contribution is 2.65. The summed E-state index contributed by atoms with van der Waals surface area (Å²) < 4.78 is 4.44. The topological polar surface area (TPSA) is 38.3 Å². The van der Waals surface area contributed by atoms with Crippen molar-refractivity contribution in [3.8, 4) is 5.75 Å². The smallest absolute Gasteiger partial charge is 0.231 e. The van der Waals surface area contributed by atoms with Gasteiger partial charge in [-0.2, -0.15) is 0 Å². The summed E-state index contributed by atoms with van der Waals surface area (Å²) in [5.74, 6) is -0.250. The molecule has 1 saturated carbocycles. The van der Waals surface area contributed by atoms with Crippen LogP contribution in [0.3, 0.4) is 0 Å². The van der Waals surface area contributed by atoms with Gasteiger partial charge in [0.1, 0.15) is 10.1 Å². The number of hydrogen-bond acceptors (Lipinski definition) is 2. The Hall–Kier alpha value is -1.71. The molecule has 2 aromatic rings. The van der Waals surface area contributed by atoms with Gasteiger partial charge < -0.3 is 10.1 Å². The third kappa shape index (κ3) is 3.17. The number of alkyl halides is 2. The van der Waals surface area contributed by atoms with Gasteiger partial charge >= 0.3 is 0 Å². The summed E-state index contributed by atoms with van der Waals surface area (Å²) in [4.78, 5) is 12.6. The number of rotatable bonds is 5. The van der Waals surface area contributed by atoms with Gasteiger partial charge in [0.05, 0.1) is 18.2 Å². The van der Waals surface area contributed by atoms with Crippen molar-refractivity contribution in [3.63, 3.8) is 0 Å². The van der Waals surface area contributed by atoms with E-state index in [9.17, 15) is 4.79 Å². The summed E-state index contributed by atoms with van der Waals surface area (Å²) >= 11 is 12.7. The second-order valence-electron chi connectivity index (χ2n) is 5.46. The van der Waals surface area contributed by atoms with Gasteiger partial charge in [0, 0.05) is 5.92 Å². The molecule has 0 spiro atoms. The minimum atomic E-state index is -1.08. The maximum absolute atomic E-state index is 12.6. The molecule has 1 N–H and O–H groups in total. The highest BCUT2D eigenvalue weighted by atomic mass is 35.5. The predicted octanol–water partition coefficient (Wildman–Crippen LogP) is 4.61. The second-order valence-corrected chi connectivity index (χ2v) is 6.90. The first-order chi connectivity index (χ1) is 11.1. The van der Waals surface area contributed by atoms with Crippen molar-refractivity contribution in [2.75, 3.05) is 11.9 Å². The zero-order valence-electron chi connectivity index (χ0n) is 12.6. The minimum absolute atomic E-state index is 0.198. The number of ether oxygens (including phenoxy) is 1. The van der Waals surface area contributed by atoms with E-state index in [1.807, 2.05) is 55.5 Å². The molecule has 0 radical (unpaired) electrons. The number of benzene rings is 2. The molecule has 0 aliphatic heterocycles. The molecular weight excluding hydrogens is 333 g/mol. The van der Waals surface area contributed by atoms with E-state index in [1.54, 1.807) is 6.07 Å². The van der Waals surface area contributed by atoms with Crippen LogP contribution in [0.4, 0.5) is 5.69 Å². The normalized spacial score (nSPS) is 21.5. The van der Waals surface area contributed by atoms with E-state index in [2.05, 4.69) is 5.32 Å². The molecule has 23 heavy (non-hydrogen) atoms. The van der Waals surface area contributed by atoms with Gasteiger partial charge in [0.2, 0.25) is 5.91 Å². The molecular formula is C18H17Cl2NO2. The summed E-state index contributed by atoms with van der Waals surface area (Å²) in [5, 5.41) is 2.88. The number of nitrogens with one attached hydrogen (secondary N) is 1. The lowest BCUT2D eigenvalue weighted by molar-refractivity contribution is -0.117. The van der Waals surface area contributed by atoms with E-state index in [4.69, 9.17) is 27.9 Å². The molecule has 0 bridgehead atoms. The largest absolute Gasteiger partial charge is 0.492 e. The molecule has 2 atom stereocenters. The lowest BCUT2D eigenvalue weighted by Crippen LogP contribution is -2.17. The fourth-order valence-electron chi connectivity index (χ4n) is 2.79. The number of hydrogen-bond donors (Lipinski definition) is 1. The molecule has 1 amide bonds. The average molecular weight is 350 g/mol. The summed E-state index contributed by atoms with van der Waals surface area (Å²) in [5.41, 5.74) is 1.60. The fraction of sp³-hybridized carbons (Fsp3) is 0.278. The van der Waals surface area contributed by atoms with Gasteiger partial charge in [-0.15, -0.1) is 23.2 Å². The molecule has 0 heterocycles. The fourth-order valence-corrected chi connectivity index (χ4v) is 3.62. The second kappa shape index (κ2) is 6.42. The van der Waals surface area contributed by atoms with Crippen molar-refractivity contribution < 1.29 is 9.53 Å². The minimum Gasteiger partial charge on any atom is -0.492 e. The molecule has 2 aromatic carbocycles. The SMILES string of the molecule is CCOc1ccccc1NC(=O)[C@H]1[C@@H](c2ccccc2)C1(Cl)Cl. The van der Waals surface area contributed by atoms with E-state index in [1.165, 1.54) is 0 Å². The Bertz CT molecular complexity index is 703. The van der Waals surface area contributed by atoms with Crippen LogP contribution in [0.2, 0.25) is 0 Å². The van der Waals surface area contributed by atoms with Crippen molar-refractivity contribution >= 4 is 34.8 Å². The van der Waals surface area contributed by atoms with Crippen molar-refractivity contribution in [2.45, 2.75) is 17.2 Å². The van der Waals surface area contributed by atoms with E-state index >= 15 is 0 Å². The van der Waals surface area contributed by atoms with Crippen LogP contribution in [0.5, 0.6) is 5.75 Å². The first kappa shape index (κ1) is 16.2. The number of amides is 1. The standard InChI is InChI=1S/C18H17Cl2NO2/c1-2-23-14-11-7-6-10-13(14)21-17(22)16-15(18(16,19)20)12-8-4-3-5-9-12/h3-11,15-16H,2H2,1H3,(H,21,22)/t15-,16-/m1/s1. The van der Waals surface area contributed by atoms with Crippen molar-refractivity contribution in [3.05, 3.63) is 60.2 Å². The maximum Gasteiger partial charge on any atom is 0.231 e. The van der Waals surface area contributed by atoms with E-state index in [-0.39, 0.29) is 11.8 Å². The molecule has 0 unspecified atom stereocenters. The van der Waals surface area contributed by atoms with Crippen LogP contribution >= 0.6 is 23.2 Å². The monoisotopic (exact) mass is 349 g/mol. The summed E-state index contributed by atoms with van der Waals surface area (Å²) in [7, 11) is 0. The third-order valence-corrected chi connectivity index (χ3v) is 4.88. The molecule has 3 nitrogen and oxygen atoms in total. The lowest BCUT2D eigenvalue weighted by Gasteiger charge is -2.11. The average Bonchev–Trinajstić information content (AvgIpc) is 3.13. The Balaban J connectivity index is 1.77. The van der Waals surface area contributed by atoms with Gasteiger partial charge in [-0.3, -0.25) is 4.79 Å². The van der Waals surface area contributed by atoms with Gasteiger partial charge in [-0.1, -0.05) is 42.5 Å². The molecule has 5 heteroatoms. The summed E-state index contributed by atoms with van der Waals surface area (Å²) in [6, 6.07) is 16.9. The van der Waals surface area contributed by atoms with Gasteiger partial charge in [-0.25, -0.2) is 0 Å². The number of anilines is 1. The first-order valence-electron chi connectivity index (χ1n) is 7.51. The van der Waals surface area contributed by atoms with Crippen molar-refractivity contribution in [1.29, 1.82) is 0 Å². The predicted molar refractivity (Wildman–Crippen MR) is 93.4 cm³/mol. The Morgan fingerprint density at radius 2 is 1.78 bits per heavy atom. The van der Waals surface area contributed by atoms with Crippen LogP contribution in [-0.4, -0.2) is 16.8 Å². The Morgan fingerprint density at radius 1 is 1.13 bits per heavy atom. The van der Waals surface area contributed by atoms with E-state index in [0.29, 0.717) is 18.0 Å². The van der Waals surface area contributed by atoms with E-state index in [0.717, 1.165) is 5.56 Å². The highest BCUT2D eigenvalue weighted by Gasteiger charge is 2.67. The first-order valence-corrected chi connectivity index (χ1v) is 8.26. The highest BCUT2D eigenvalue weighted by molar-refractivity contribution is 6.53. The molecule has 1 fully saturated rings. The van der Waals surface area contributed by atoms with Crippen LogP contribution in [0.15, 0.2) is 54.6 Å². The van der Waals surface area contributed by atoms with Crippen LogP contribution in [-0.2, 0) is 4.79 Å². The van der Waals surface area contributed by atoms with Gasteiger partial charge in [-0.05, 0) is 24.6 Å². The number of carbonyl (C=O) groups excluding carboxylic acids is 1. The Morgan fingerprint density at radius 3 is 2.48 bits per heavy atom. The van der Waals surface area contributed by atoms with Crippen LogP contribution in [0.25, 0.3) is 0 Å². The van der Waals surface area contributed by atoms with Crippen LogP contribution in [0, 0.1) is 5.92 Å². The molecule has 120 valence electrons. The molecule has 0 saturated heterocycles. The Labute approximate surface area is 145 Å². The third-order valence-electron chi connectivity index (χ3n) is 3.94. The summed E-state index contributed by atoms with van der Waals surface area (Å²) in [6.45, 7) is 2.42. The lowest BCUT2D eigenvalue weighted by atomic mass is 10.1. The summed E-state index contributed by atoms with van der Waals surface area (Å²) in [6.07, 6.45) is 0. The molecule has 1 aliphatic rings. The van der Waals surface area contributed by atoms with Crippen LogP contribution in [0.1, 0.15) is 18.4 Å². The zero-order valence-corrected chi connectivity index (χ0v) is 14.1. The Kier molecular flexibility index (Phi) is 4.51. The maximum atomic E-state index is 12.6. The van der Waals surface area contributed by atoms with E-state index < -0.39 is 10.3 Å². The number of halogens is 2.